The SMILES string of the molecule is CC1(C)c2cccc3c2-c2c1ccc1c4ccccc4n(c21)-c1cccc(-c2ccc(-c4cccc(N(c5cc(-c6ccccc6)cc(-c6ccccc6)c5)c5cccc6c5C(C)(C)c5ccccc5-6)c4)cc2)c1-3. The fourth-order valence-electron chi connectivity index (χ4n) is 13.5. The molecule has 0 unspecified atom stereocenters. The summed E-state index contributed by atoms with van der Waals surface area (Å²) >= 11 is 0. The molecule has 2 heterocycles. The van der Waals surface area contributed by atoms with Crippen molar-refractivity contribution >= 4 is 38.9 Å². The zero-order valence-corrected chi connectivity index (χ0v) is 42.0. The van der Waals surface area contributed by atoms with Gasteiger partial charge in [-0.2, -0.15) is 0 Å². The summed E-state index contributed by atoms with van der Waals surface area (Å²) in [5.41, 5.74) is 29.8. The van der Waals surface area contributed by atoms with E-state index in [1.807, 2.05) is 0 Å². The molecular formula is C72H52N2. The van der Waals surface area contributed by atoms with Crippen LogP contribution in [0, 0.1) is 0 Å². The van der Waals surface area contributed by atoms with Gasteiger partial charge >= 0.3 is 0 Å². The number of hydrogen-bond acceptors (Lipinski definition) is 1. The summed E-state index contributed by atoms with van der Waals surface area (Å²) in [6.45, 7) is 9.58. The van der Waals surface area contributed by atoms with Crippen molar-refractivity contribution in [3.05, 3.63) is 265 Å². The van der Waals surface area contributed by atoms with Gasteiger partial charge in [0.25, 0.3) is 0 Å². The van der Waals surface area contributed by atoms with Crippen LogP contribution in [0.25, 0.3) is 105 Å². The lowest BCUT2D eigenvalue weighted by Crippen LogP contribution is -2.20. The Labute approximate surface area is 433 Å². The predicted molar refractivity (Wildman–Crippen MR) is 311 cm³/mol. The lowest BCUT2D eigenvalue weighted by atomic mass is 9.81. The van der Waals surface area contributed by atoms with Crippen LogP contribution in [0.5, 0.6) is 0 Å². The van der Waals surface area contributed by atoms with Crippen LogP contribution in [-0.4, -0.2) is 4.57 Å². The molecular weight excluding hydrogens is 893 g/mol. The Bertz CT molecular complexity index is 4230. The minimum absolute atomic E-state index is 0.120. The van der Waals surface area contributed by atoms with Crippen LogP contribution >= 0.6 is 0 Å². The maximum absolute atomic E-state index is 2.57. The molecule has 11 aromatic carbocycles. The van der Waals surface area contributed by atoms with E-state index in [1.165, 1.54) is 128 Å². The third-order valence-electron chi connectivity index (χ3n) is 16.9. The largest absolute Gasteiger partial charge is 0.310 e. The Hall–Kier alpha value is -8.98. The summed E-state index contributed by atoms with van der Waals surface area (Å²) in [7, 11) is 0. The molecule has 0 saturated carbocycles. The smallest absolute Gasteiger partial charge is 0.0623 e. The molecule has 0 radical (unpaired) electrons. The average Bonchev–Trinajstić information content (AvgIpc) is 4.02. The van der Waals surface area contributed by atoms with Crippen LogP contribution < -0.4 is 4.90 Å². The average molecular weight is 945 g/mol. The Morgan fingerprint density at radius 2 is 0.892 bits per heavy atom. The monoisotopic (exact) mass is 944 g/mol. The highest BCUT2D eigenvalue weighted by Crippen LogP contribution is 2.60. The van der Waals surface area contributed by atoms with Crippen molar-refractivity contribution in [1.82, 2.24) is 4.57 Å². The topological polar surface area (TPSA) is 8.17 Å². The first-order chi connectivity index (χ1) is 36.2. The number of fused-ring (bicyclic) bond motifs is 9. The second-order valence-electron chi connectivity index (χ2n) is 21.6. The van der Waals surface area contributed by atoms with Crippen molar-refractivity contribution < 1.29 is 0 Å². The number of hydrogen-bond donors (Lipinski definition) is 0. The number of aromatic nitrogens is 1. The predicted octanol–water partition coefficient (Wildman–Crippen LogP) is 19.5. The minimum Gasteiger partial charge on any atom is -0.310 e. The molecule has 2 heteroatoms. The van der Waals surface area contributed by atoms with E-state index in [2.05, 4.69) is 280 Å². The fraction of sp³-hybridized carbons (Fsp3) is 0.0833. The molecule has 1 aromatic heterocycles. The Balaban J connectivity index is 0.898. The molecule has 0 bridgehead atoms. The molecule has 3 aliphatic rings. The molecule has 0 N–H and O–H groups in total. The molecule has 0 fully saturated rings. The molecule has 0 atom stereocenters. The van der Waals surface area contributed by atoms with Gasteiger partial charge in [0.1, 0.15) is 0 Å². The second kappa shape index (κ2) is 15.8. The van der Waals surface area contributed by atoms with E-state index in [-0.39, 0.29) is 10.8 Å². The van der Waals surface area contributed by atoms with Crippen LogP contribution in [0.15, 0.2) is 243 Å². The van der Waals surface area contributed by atoms with Gasteiger partial charge in [-0.1, -0.05) is 222 Å². The molecule has 12 aromatic rings. The first-order valence-electron chi connectivity index (χ1n) is 26.1. The van der Waals surface area contributed by atoms with E-state index < -0.39 is 0 Å². The van der Waals surface area contributed by atoms with E-state index in [0.29, 0.717) is 0 Å². The van der Waals surface area contributed by atoms with Crippen molar-refractivity contribution in [3.8, 4) is 83.6 Å². The summed E-state index contributed by atoms with van der Waals surface area (Å²) < 4.78 is 2.57. The van der Waals surface area contributed by atoms with Gasteiger partial charge in [-0.05, 0) is 138 Å². The quantitative estimate of drug-likeness (QED) is 0.155. The molecule has 1 aliphatic heterocycles. The van der Waals surface area contributed by atoms with E-state index in [0.717, 1.165) is 16.9 Å². The van der Waals surface area contributed by atoms with E-state index >= 15 is 0 Å². The highest BCUT2D eigenvalue weighted by Gasteiger charge is 2.42. The molecule has 0 spiro atoms. The van der Waals surface area contributed by atoms with Crippen LogP contribution in [-0.2, 0) is 10.8 Å². The lowest BCUT2D eigenvalue weighted by molar-refractivity contribution is 0.660. The maximum Gasteiger partial charge on any atom is 0.0623 e. The number of benzene rings is 11. The standard InChI is InChI=1S/C72H52N2/c1-71(2)61-31-16-29-59-66-54(27-17-33-64(66)74-63-32-14-12-26-56(63)58-39-40-62(71)68(67(59)61)70(58)74)48-37-35-47(36-38-48)49-23-15-24-52(42-49)73(65-34-18-28-57-55-25-11-13-30-60(55)72(3,4)69(57)65)53-43-50(45-19-7-5-8-20-45)41-51(44-53)46-21-9-6-10-22-46/h5-44H,1-4H3. The minimum atomic E-state index is -0.231. The van der Waals surface area contributed by atoms with Crippen molar-refractivity contribution in [3.63, 3.8) is 0 Å². The van der Waals surface area contributed by atoms with E-state index in [9.17, 15) is 0 Å². The number of rotatable bonds is 7. The van der Waals surface area contributed by atoms with Gasteiger partial charge in [0.2, 0.25) is 0 Å². The summed E-state index contributed by atoms with van der Waals surface area (Å²) in [6.07, 6.45) is 0. The van der Waals surface area contributed by atoms with Gasteiger partial charge in [0, 0.05) is 44.1 Å². The second-order valence-corrected chi connectivity index (χ2v) is 21.6. The van der Waals surface area contributed by atoms with Crippen LogP contribution in [0.3, 0.4) is 0 Å². The first kappa shape index (κ1) is 42.7. The summed E-state index contributed by atoms with van der Waals surface area (Å²) in [6, 6.07) is 90.7. The lowest BCUT2D eigenvalue weighted by Gasteiger charge is -2.33. The number of nitrogens with zero attached hydrogens (tertiary/aromatic N) is 2. The zero-order valence-electron chi connectivity index (χ0n) is 42.0. The van der Waals surface area contributed by atoms with Gasteiger partial charge in [-0.25, -0.2) is 0 Å². The van der Waals surface area contributed by atoms with E-state index in [1.54, 1.807) is 0 Å². The zero-order chi connectivity index (χ0) is 49.5. The van der Waals surface area contributed by atoms with Crippen LogP contribution in [0.4, 0.5) is 17.1 Å². The molecule has 350 valence electrons. The van der Waals surface area contributed by atoms with Crippen molar-refractivity contribution in [2.45, 2.75) is 38.5 Å². The van der Waals surface area contributed by atoms with Gasteiger partial charge in [0.15, 0.2) is 0 Å². The van der Waals surface area contributed by atoms with Crippen molar-refractivity contribution in [2.24, 2.45) is 0 Å². The highest BCUT2D eigenvalue weighted by molar-refractivity contribution is 6.19. The van der Waals surface area contributed by atoms with Crippen molar-refractivity contribution in [2.75, 3.05) is 4.90 Å². The molecule has 74 heavy (non-hydrogen) atoms. The normalized spacial score (nSPS) is 13.9. The molecule has 15 rings (SSSR count). The van der Waals surface area contributed by atoms with Gasteiger partial charge in [0.05, 0.1) is 22.4 Å². The third kappa shape index (κ3) is 6.06. The van der Waals surface area contributed by atoms with Crippen LogP contribution in [0.2, 0.25) is 0 Å². The summed E-state index contributed by atoms with van der Waals surface area (Å²) in [5.74, 6) is 0. The fourth-order valence-corrected chi connectivity index (χ4v) is 13.5. The molecule has 2 aliphatic carbocycles. The van der Waals surface area contributed by atoms with Gasteiger partial charge in [-0.15, -0.1) is 0 Å². The van der Waals surface area contributed by atoms with E-state index in [4.69, 9.17) is 0 Å². The third-order valence-corrected chi connectivity index (χ3v) is 16.9. The Morgan fingerprint density at radius 1 is 0.324 bits per heavy atom. The Morgan fingerprint density at radius 3 is 1.68 bits per heavy atom. The summed E-state index contributed by atoms with van der Waals surface area (Å²) in [5, 5.41) is 2.61. The molecule has 2 nitrogen and oxygen atoms in total. The van der Waals surface area contributed by atoms with Crippen molar-refractivity contribution in [1.29, 1.82) is 0 Å². The highest BCUT2D eigenvalue weighted by atomic mass is 15.1. The summed E-state index contributed by atoms with van der Waals surface area (Å²) in [4.78, 5) is 2.52. The number of para-hydroxylation sites is 1. The molecule has 0 amide bonds. The van der Waals surface area contributed by atoms with Gasteiger partial charge < -0.3 is 9.47 Å². The Kier molecular flexibility index (Phi) is 9.09. The maximum atomic E-state index is 2.57. The number of anilines is 3. The van der Waals surface area contributed by atoms with Gasteiger partial charge in [-0.3, -0.25) is 0 Å². The first-order valence-corrected chi connectivity index (χ1v) is 26.1. The molecule has 0 saturated heterocycles. The van der Waals surface area contributed by atoms with Crippen LogP contribution in [0.1, 0.15) is 49.9 Å².